The molecule has 0 aliphatic heterocycles. The van der Waals surface area contributed by atoms with E-state index in [0.717, 1.165) is 15.5 Å². The highest BCUT2D eigenvalue weighted by Crippen LogP contribution is 2.31. The number of hydrogen-bond acceptors (Lipinski definition) is 5. The van der Waals surface area contributed by atoms with Gasteiger partial charge in [-0.2, -0.15) is 16.7 Å². The Balaban J connectivity index is 2.03. The second-order valence-corrected chi connectivity index (χ2v) is 6.14. The zero-order valence-corrected chi connectivity index (χ0v) is 12.4. The first kappa shape index (κ1) is 13.0. The van der Waals surface area contributed by atoms with Crippen molar-refractivity contribution in [3.8, 4) is 0 Å². The van der Waals surface area contributed by atoms with E-state index in [-0.39, 0.29) is 0 Å². The zero-order chi connectivity index (χ0) is 12.3. The number of hydrogen-bond donors (Lipinski definition) is 2. The van der Waals surface area contributed by atoms with Crippen molar-refractivity contribution in [2.24, 2.45) is 0 Å². The van der Waals surface area contributed by atoms with Crippen LogP contribution in [0.15, 0.2) is 10.7 Å². The lowest BCUT2D eigenvalue weighted by molar-refractivity contribution is 0.750. The molecule has 0 radical (unpaired) electrons. The number of thioether (sulfide) groups is 1. The van der Waals surface area contributed by atoms with Crippen LogP contribution in [0.25, 0.3) is 0 Å². The highest BCUT2D eigenvalue weighted by molar-refractivity contribution is 9.10. The van der Waals surface area contributed by atoms with Gasteiger partial charge < -0.3 is 10.6 Å². The monoisotopic (exact) mass is 316 g/mol. The molecule has 2 rings (SSSR count). The van der Waals surface area contributed by atoms with Gasteiger partial charge in [-0.05, 0) is 41.4 Å². The van der Waals surface area contributed by atoms with Gasteiger partial charge in [0, 0.05) is 24.5 Å². The molecule has 1 aromatic rings. The fraction of sp³-hybridized carbons (Fsp3) is 0.636. The highest BCUT2D eigenvalue weighted by Gasteiger charge is 2.24. The molecule has 94 valence electrons. The largest absolute Gasteiger partial charge is 0.366 e. The first-order valence-corrected chi connectivity index (χ1v) is 7.80. The predicted octanol–water partition coefficient (Wildman–Crippen LogP) is 2.98. The Labute approximate surface area is 115 Å². The van der Waals surface area contributed by atoms with Gasteiger partial charge in [0.15, 0.2) is 0 Å². The fourth-order valence-corrected chi connectivity index (χ4v) is 3.17. The van der Waals surface area contributed by atoms with E-state index in [9.17, 15) is 0 Å². The molecule has 17 heavy (non-hydrogen) atoms. The Morgan fingerprint density at radius 3 is 2.94 bits per heavy atom. The molecule has 0 aromatic carbocycles. The van der Waals surface area contributed by atoms with Gasteiger partial charge >= 0.3 is 0 Å². The van der Waals surface area contributed by atoms with Crippen LogP contribution in [0.5, 0.6) is 0 Å². The summed E-state index contributed by atoms with van der Waals surface area (Å²) in [6, 6.07) is 0.531. The van der Waals surface area contributed by atoms with Crippen molar-refractivity contribution in [2.75, 3.05) is 23.9 Å². The lowest BCUT2D eigenvalue weighted by Crippen LogP contribution is -2.17. The summed E-state index contributed by atoms with van der Waals surface area (Å²) in [5.74, 6) is 1.53. The first-order chi connectivity index (χ1) is 8.22. The molecule has 4 nitrogen and oxygen atoms in total. The Morgan fingerprint density at radius 1 is 1.47 bits per heavy atom. The van der Waals surface area contributed by atoms with Crippen molar-refractivity contribution < 1.29 is 0 Å². The topological polar surface area (TPSA) is 49.8 Å². The summed E-state index contributed by atoms with van der Waals surface area (Å²) < 4.78 is 0.920. The molecule has 2 unspecified atom stereocenters. The second-order valence-electron chi connectivity index (χ2n) is 4.15. The number of rotatable bonds is 4. The molecule has 0 spiro atoms. The number of nitrogens with one attached hydrogen (secondary N) is 2. The predicted molar refractivity (Wildman–Crippen MR) is 77.8 cm³/mol. The molecular weight excluding hydrogens is 300 g/mol. The molecular formula is C11H17BrN4S. The quantitative estimate of drug-likeness (QED) is 0.894. The molecule has 0 saturated heterocycles. The summed E-state index contributed by atoms with van der Waals surface area (Å²) in [6.45, 7) is 0. The van der Waals surface area contributed by atoms with Crippen LogP contribution in [0, 0.1) is 0 Å². The SMILES string of the molecule is CNc1ncc(Br)c(NC2CCC(SC)C2)n1. The minimum Gasteiger partial charge on any atom is -0.366 e. The number of nitrogens with zero attached hydrogens (tertiary/aromatic N) is 2. The molecule has 1 fully saturated rings. The van der Waals surface area contributed by atoms with Gasteiger partial charge in [-0.25, -0.2) is 4.98 Å². The van der Waals surface area contributed by atoms with Crippen molar-refractivity contribution in [3.63, 3.8) is 0 Å². The van der Waals surface area contributed by atoms with E-state index in [1.165, 1.54) is 19.3 Å². The van der Waals surface area contributed by atoms with Gasteiger partial charge in [-0.1, -0.05) is 0 Å². The summed E-state index contributed by atoms with van der Waals surface area (Å²) in [4.78, 5) is 8.57. The van der Waals surface area contributed by atoms with Crippen LogP contribution in [-0.4, -0.2) is 34.6 Å². The maximum Gasteiger partial charge on any atom is 0.224 e. The molecule has 0 bridgehead atoms. The van der Waals surface area contributed by atoms with Gasteiger partial charge in [0.05, 0.1) is 4.47 Å². The van der Waals surface area contributed by atoms with Crippen LogP contribution in [0.2, 0.25) is 0 Å². The Kier molecular flexibility index (Phi) is 4.50. The maximum absolute atomic E-state index is 4.42. The lowest BCUT2D eigenvalue weighted by atomic mass is 10.2. The molecule has 1 aliphatic rings. The lowest BCUT2D eigenvalue weighted by Gasteiger charge is -2.15. The van der Waals surface area contributed by atoms with Crippen molar-refractivity contribution >= 4 is 39.5 Å². The number of anilines is 2. The number of halogens is 1. The van der Waals surface area contributed by atoms with E-state index >= 15 is 0 Å². The zero-order valence-electron chi connectivity index (χ0n) is 10.0. The highest BCUT2D eigenvalue weighted by atomic mass is 79.9. The summed E-state index contributed by atoms with van der Waals surface area (Å²) >= 11 is 5.44. The molecule has 1 saturated carbocycles. The van der Waals surface area contributed by atoms with Crippen LogP contribution >= 0.6 is 27.7 Å². The third-order valence-corrected chi connectivity index (χ3v) is 4.70. The summed E-state index contributed by atoms with van der Waals surface area (Å²) in [7, 11) is 1.83. The molecule has 0 amide bonds. The fourth-order valence-electron chi connectivity index (χ4n) is 2.07. The Morgan fingerprint density at radius 2 is 2.29 bits per heavy atom. The van der Waals surface area contributed by atoms with Crippen LogP contribution < -0.4 is 10.6 Å². The van der Waals surface area contributed by atoms with E-state index in [1.807, 2.05) is 18.8 Å². The summed E-state index contributed by atoms with van der Waals surface area (Å²) in [5.41, 5.74) is 0. The molecule has 2 atom stereocenters. The Hall–Kier alpha value is -0.490. The van der Waals surface area contributed by atoms with Crippen molar-refractivity contribution in [1.29, 1.82) is 0 Å². The van der Waals surface area contributed by atoms with E-state index in [0.29, 0.717) is 12.0 Å². The van der Waals surface area contributed by atoms with E-state index < -0.39 is 0 Å². The van der Waals surface area contributed by atoms with Crippen LogP contribution in [-0.2, 0) is 0 Å². The van der Waals surface area contributed by atoms with Gasteiger partial charge in [0.2, 0.25) is 5.95 Å². The van der Waals surface area contributed by atoms with Crippen LogP contribution in [0.1, 0.15) is 19.3 Å². The average molecular weight is 317 g/mol. The molecule has 1 aromatic heterocycles. The summed E-state index contributed by atoms with van der Waals surface area (Å²) in [5, 5.41) is 7.24. The van der Waals surface area contributed by atoms with Gasteiger partial charge in [0.1, 0.15) is 5.82 Å². The Bertz CT molecular complexity index is 388. The first-order valence-electron chi connectivity index (χ1n) is 5.72. The summed E-state index contributed by atoms with van der Waals surface area (Å²) in [6.07, 6.45) is 7.69. The minimum atomic E-state index is 0.531. The second kappa shape index (κ2) is 5.91. The minimum absolute atomic E-state index is 0.531. The van der Waals surface area contributed by atoms with Gasteiger partial charge in [0.25, 0.3) is 0 Å². The molecule has 1 aliphatic carbocycles. The normalized spacial score (nSPS) is 23.7. The van der Waals surface area contributed by atoms with E-state index in [4.69, 9.17) is 0 Å². The standard InChI is InChI=1S/C11H17BrN4S/c1-13-11-14-6-9(12)10(16-11)15-7-3-4-8(5-7)17-2/h6-8H,3-5H2,1-2H3,(H2,13,14,15,16). The van der Waals surface area contributed by atoms with Gasteiger partial charge in [-0.15, -0.1) is 0 Å². The van der Waals surface area contributed by atoms with E-state index in [1.54, 1.807) is 6.20 Å². The van der Waals surface area contributed by atoms with Gasteiger partial charge in [-0.3, -0.25) is 0 Å². The van der Waals surface area contributed by atoms with E-state index in [2.05, 4.69) is 42.8 Å². The molecule has 6 heteroatoms. The third-order valence-electron chi connectivity index (χ3n) is 3.03. The van der Waals surface area contributed by atoms with Crippen molar-refractivity contribution in [3.05, 3.63) is 10.7 Å². The average Bonchev–Trinajstić information content (AvgIpc) is 2.80. The van der Waals surface area contributed by atoms with Crippen LogP contribution in [0.4, 0.5) is 11.8 Å². The van der Waals surface area contributed by atoms with Crippen LogP contribution in [0.3, 0.4) is 0 Å². The number of aromatic nitrogens is 2. The molecule has 2 N–H and O–H groups in total. The third kappa shape index (κ3) is 3.25. The maximum atomic E-state index is 4.42. The molecule has 1 heterocycles. The van der Waals surface area contributed by atoms with Crippen molar-refractivity contribution in [1.82, 2.24) is 9.97 Å². The smallest absolute Gasteiger partial charge is 0.224 e. The van der Waals surface area contributed by atoms with Crippen molar-refractivity contribution in [2.45, 2.75) is 30.6 Å².